The molecule has 2 heterocycles. The zero-order valence-corrected chi connectivity index (χ0v) is 12.9. The Balaban J connectivity index is 2.28. The van der Waals surface area contributed by atoms with Gasteiger partial charge in [-0.2, -0.15) is 5.10 Å². The molecule has 2 aromatic rings. The molecule has 0 aliphatic heterocycles. The maximum atomic E-state index is 12.3. The molecule has 0 N–H and O–H groups in total. The molecule has 5 heteroatoms. The summed E-state index contributed by atoms with van der Waals surface area (Å²) in [4.78, 5) is 14.2. The zero-order chi connectivity index (χ0) is 14.0. The maximum absolute atomic E-state index is 12.3. The molecule has 0 saturated heterocycles. The minimum absolute atomic E-state index is 0.109. The van der Waals surface area contributed by atoms with Crippen molar-refractivity contribution in [2.75, 3.05) is 0 Å². The molecule has 0 radical (unpaired) electrons. The van der Waals surface area contributed by atoms with Crippen molar-refractivity contribution in [2.45, 2.75) is 40.2 Å². The van der Waals surface area contributed by atoms with Crippen LogP contribution in [0.4, 0.5) is 0 Å². The molecule has 0 bridgehead atoms. The molecular formula is C14H17ClN2OS. The summed E-state index contributed by atoms with van der Waals surface area (Å²) in [6.07, 6.45) is 1.10. The zero-order valence-electron chi connectivity index (χ0n) is 11.4. The summed E-state index contributed by atoms with van der Waals surface area (Å²) in [5, 5.41) is 5.08. The van der Waals surface area contributed by atoms with E-state index in [2.05, 4.69) is 5.10 Å². The predicted molar refractivity (Wildman–Crippen MR) is 79.4 cm³/mol. The van der Waals surface area contributed by atoms with E-state index in [-0.39, 0.29) is 5.78 Å². The van der Waals surface area contributed by atoms with Gasteiger partial charge in [0.2, 0.25) is 0 Å². The molecule has 2 aromatic heterocycles. The number of ketones is 1. The fourth-order valence-corrected chi connectivity index (χ4v) is 3.15. The first-order chi connectivity index (χ1) is 9.06. The van der Waals surface area contributed by atoms with E-state index in [1.807, 2.05) is 37.6 Å². The van der Waals surface area contributed by atoms with Crippen molar-refractivity contribution in [3.8, 4) is 0 Å². The van der Waals surface area contributed by atoms with Crippen molar-refractivity contribution in [1.82, 2.24) is 9.78 Å². The number of thiophene rings is 1. The first-order valence-electron chi connectivity index (χ1n) is 6.40. The number of halogens is 1. The van der Waals surface area contributed by atoms with E-state index >= 15 is 0 Å². The number of aromatic nitrogens is 2. The highest BCUT2D eigenvalue weighted by Crippen LogP contribution is 2.24. The number of aryl methyl sites for hydroxylation is 3. The van der Waals surface area contributed by atoms with Crippen molar-refractivity contribution >= 4 is 28.7 Å². The lowest BCUT2D eigenvalue weighted by atomic mass is 10.1. The monoisotopic (exact) mass is 296 g/mol. The second-order valence-corrected chi connectivity index (χ2v) is 6.05. The van der Waals surface area contributed by atoms with E-state index in [0.29, 0.717) is 11.4 Å². The summed E-state index contributed by atoms with van der Waals surface area (Å²) in [7, 11) is 0. The normalized spacial score (nSPS) is 10.9. The molecule has 0 aliphatic rings. The van der Waals surface area contributed by atoms with Gasteiger partial charge >= 0.3 is 0 Å². The topological polar surface area (TPSA) is 34.9 Å². The Morgan fingerprint density at radius 3 is 2.68 bits per heavy atom. The van der Waals surface area contributed by atoms with Crippen molar-refractivity contribution in [1.29, 1.82) is 0 Å². The van der Waals surface area contributed by atoms with Crippen LogP contribution in [0.2, 0.25) is 5.02 Å². The van der Waals surface area contributed by atoms with Gasteiger partial charge in [-0.1, -0.05) is 18.5 Å². The standard InChI is InChI=1S/C14H17ClN2OS/c1-4-10-14(15)11(17(5-2)16-10)8-12(18)13-7-6-9(3)19-13/h6-7H,4-5,8H2,1-3H3. The first-order valence-corrected chi connectivity index (χ1v) is 7.59. The van der Waals surface area contributed by atoms with Crippen LogP contribution in [-0.2, 0) is 19.4 Å². The number of carbonyl (C=O) groups excluding carboxylic acids is 1. The van der Waals surface area contributed by atoms with E-state index in [0.717, 1.165) is 34.1 Å². The number of hydrogen-bond acceptors (Lipinski definition) is 3. The van der Waals surface area contributed by atoms with Gasteiger partial charge in [0, 0.05) is 11.4 Å². The second-order valence-electron chi connectivity index (χ2n) is 4.39. The van der Waals surface area contributed by atoms with Gasteiger partial charge in [-0.05, 0) is 32.4 Å². The van der Waals surface area contributed by atoms with Crippen LogP contribution < -0.4 is 0 Å². The maximum Gasteiger partial charge on any atom is 0.178 e. The molecule has 19 heavy (non-hydrogen) atoms. The average Bonchev–Trinajstić information content (AvgIpc) is 2.95. The number of Topliss-reactive ketones (excluding diaryl/α,β-unsaturated/α-hetero) is 1. The third kappa shape index (κ3) is 2.90. The molecule has 0 atom stereocenters. The fourth-order valence-electron chi connectivity index (χ4n) is 2.01. The average molecular weight is 297 g/mol. The lowest BCUT2D eigenvalue weighted by Crippen LogP contribution is -2.09. The molecule has 0 saturated carbocycles. The lowest BCUT2D eigenvalue weighted by molar-refractivity contribution is 0.0994. The smallest absolute Gasteiger partial charge is 0.178 e. The predicted octanol–water partition coefficient (Wildman–Crippen LogP) is 3.91. The summed E-state index contributed by atoms with van der Waals surface area (Å²) < 4.78 is 1.83. The summed E-state index contributed by atoms with van der Waals surface area (Å²) in [5.41, 5.74) is 1.70. The Bertz CT molecular complexity index is 601. The van der Waals surface area contributed by atoms with Gasteiger partial charge in [-0.15, -0.1) is 11.3 Å². The first kappa shape index (κ1) is 14.3. The van der Waals surface area contributed by atoms with E-state index in [1.165, 1.54) is 11.3 Å². The van der Waals surface area contributed by atoms with Crippen LogP contribution in [0.15, 0.2) is 12.1 Å². The van der Waals surface area contributed by atoms with E-state index in [1.54, 1.807) is 0 Å². The van der Waals surface area contributed by atoms with E-state index in [4.69, 9.17) is 11.6 Å². The molecule has 0 amide bonds. The highest BCUT2D eigenvalue weighted by Gasteiger charge is 2.18. The van der Waals surface area contributed by atoms with Crippen LogP contribution in [0, 0.1) is 6.92 Å². The largest absolute Gasteiger partial charge is 0.293 e. The highest BCUT2D eigenvalue weighted by atomic mass is 35.5. The minimum atomic E-state index is 0.109. The Hall–Kier alpha value is -1.13. The molecule has 2 rings (SSSR count). The number of rotatable bonds is 5. The van der Waals surface area contributed by atoms with Crippen LogP contribution in [-0.4, -0.2) is 15.6 Å². The third-order valence-electron chi connectivity index (χ3n) is 3.04. The van der Waals surface area contributed by atoms with Crippen LogP contribution in [0.5, 0.6) is 0 Å². The van der Waals surface area contributed by atoms with Crippen molar-refractivity contribution in [2.24, 2.45) is 0 Å². The molecule has 0 aliphatic carbocycles. The Morgan fingerprint density at radius 1 is 1.42 bits per heavy atom. The summed E-state index contributed by atoms with van der Waals surface area (Å²) in [6, 6.07) is 3.84. The highest BCUT2D eigenvalue weighted by molar-refractivity contribution is 7.14. The van der Waals surface area contributed by atoms with E-state index < -0.39 is 0 Å². The fraction of sp³-hybridized carbons (Fsp3) is 0.429. The second kappa shape index (κ2) is 5.88. The quantitative estimate of drug-likeness (QED) is 0.784. The summed E-state index contributed by atoms with van der Waals surface area (Å²) >= 11 is 7.84. The van der Waals surface area contributed by atoms with Crippen LogP contribution in [0.25, 0.3) is 0 Å². The van der Waals surface area contributed by atoms with Gasteiger partial charge in [0.25, 0.3) is 0 Å². The van der Waals surface area contributed by atoms with E-state index in [9.17, 15) is 4.79 Å². The number of nitrogens with zero attached hydrogens (tertiary/aromatic N) is 2. The number of carbonyl (C=O) groups is 1. The molecule has 3 nitrogen and oxygen atoms in total. The lowest BCUT2D eigenvalue weighted by Gasteiger charge is -2.03. The summed E-state index contributed by atoms with van der Waals surface area (Å²) in [5.74, 6) is 0.109. The van der Waals surface area contributed by atoms with Crippen LogP contribution in [0.1, 0.15) is 39.8 Å². The Kier molecular flexibility index (Phi) is 4.42. The molecule has 0 spiro atoms. The summed E-state index contributed by atoms with van der Waals surface area (Å²) in [6.45, 7) is 6.75. The Labute approximate surface area is 122 Å². The van der Waals surface area contributed by atoms with Gasteiger partial charge in [0.1, 0.15) is 0 Å². The number of hydrogen-bond donors (Lipinski definition) is 0. The van der Waals surface area contributed by atoms with Crippen molar-refractivity contribution in [3.63, 3.8) is 0 Å². The molecule has 0 fully saturated rings. The van der Waals surface area contributed by atoms with Gasteiger partial charge < -0.3 is 0 Å². The van der Waals surface area contributed by atoms with Crippen molar-refractivity contribution in [3.05, 3.63) is 38.3 Å². The molecule has 102 valence electrons. The third-order valence-corrected chi connectivity index (χ3v) is 4.52. The Morgan fingerprint density at radius 2 is 2.16 bits per heavy atom. The van der Waals surface area contributed by atoms with Gasteiger partial charge in [-0.3, -0.25) is 9.48 Å². The molecule has 0 aromatic carbocycles. The van der Waals surface area contributed by atoms with Gasteiger partial charge in [0.15, 0.2) is 5.78 Å². The SMILES string of the molecule is CCc1nn(CC)c(CC(=O)c2ccc(C)s2)c1Cl. The molecule has 0 unspecified atom stereocenters. The van der Waals surface area contributed by atoms with Crippen LogP contribution in [0.3, 0.4) is 0 Å². The minimum Gasteiger partial charge on any atom is -0.293 e. The van der Waals surface area contributed by atoms with Gasteiger partial charge in [0.05, 0.1) is 27.7 Å². The molecular weight excluding hydrogens is 280 g/mol. The van der Waals surface area contributed by atoms with Gasteiger partial charge in [-0.25, -0.2) is 0 Å². The van der Waals surface area contributed by atoms with Crippen molar-refractivity contribution < 1.29 is 4.79 Å². The van der Waals surface area contributed by atoms with Crippen LogP contribution >= 0.6 is 22.9 Å².